The first kappa shape index (κ1) is 21.0. The van der Waals surface area contributed by atoms with Gasteiger partial charge in [0, 0.05) is 18.3 Å². The highest BCUT2D eigenvalue weighted by atomic mass is 32.1. The van der Waals surface area contributed by atoms with E-state index >= 15 is 0 Å². The average molecular weight is 428 g/mol. The number of thiazole rings is 1. The molecule has 2 aliphatic rings. The Morgan fingerprint density at radius 1 is 1.30 bits per heavy atom. The summed E-state index contributed by atoms with van der Waals surface area (Å²) in [6, 6.07) is 3.74. The molecule has 0 spiro atoms. The number of Topliss-reactive ketones (excluding diaryl/α,β-unsaturated/α-hetero) is 1. The smallest absolute Gasteiger partial charge is 0.264 e. The number of rotatable bonds is 6. The molecule has 1 fully saturated rings. The van der Waals surface area contributed by atoms with Crippen molar-refractivity contribution in [2.75, 3.05) is 25.0 Å². The maximum absolute atomic E-state index is 12.4. The molecule has 7 heteroatoms. The Bertz CT molecular complexity index is 947. The van der Waals surface area contributed by atoms with Crippen LogP contribution in [0.25, 0.3) is 0 Å². The summed E-state index contributed by atoms with van der Waals surface area (Å²) < 4.78 is 5.73. The third-order valence-corrected chi connectivity index (χ3v) is 6.91. The number of aromatic nitrogens is 1. The van der Waals surface area contributed by atoms with Crippen LogP contribution in [0.15, 0.2) is 17.5 Å². The molecule has 0 unspecified atom stereocenters. The van der Waals surface area contributed by atoms with E-state index in [9.17, 15) is 9.59 Å². The average Bonchev–Trinajstić information content (AvgIpc) is 3.27. The summed E-state index contributed by atoms with van der Waals surface area (Å²) in [5.74, 6) is 1.32. The molecule has 2 heterocycles. The van der Waals surface area contributed by atoms with Gasteiger partial charge < -0.3 is 4.74 Å². The summed E-state index contributed by atoms with van der Waals surface area (Å²) in [6.07, 6.45) is 2.96. The Labute approximate surface area is 181 Å². The van der Waals surface area contributed by atoms with Gasteiger partial charge in [-0.3, -0.25) is 19.8 Å². The van der Waals surface area contributed by atoms with Crippen LogP contribution in [-0.2, 0) is 11.3 Å². The number of nitrogens with one attached hydrogen (secondary N) is 1. The van der Waals surface area contributed by atoms with Gasteiger partial charge >= 0.3 is 0 Å². The highest BCUT2D eigenvalue weighted by Gasteiger charge is 2.31. The van der Waals surface area contributed by atoms with E-state index in [0.29, 0.717) is 22.9 Å². The van der Waals surface area contributed by atoms with E-state index in [1.807, 2.05) is 18.4 Å². The van der Waals surface area contributed by atoms with Crippen molar-refractivity contribution < 1.29 is 14.3 Å². The Morgan fingerprint density at radius 2 is 2.07 bits per heavy atom. The van der Waals surface area contributed by atoms with Gasteiger partial charge in [-0.15, -0.1) is 11.3 Å². The third kappa shape index (κ3) is 4.57. The van der Waals surface area contributed by atoms with Crippen LogP contribution in [-0.4, -0.2) is 41.3 Å². The number of benzene rings is 1. The third-order valence-electron chi connectivity index (χ3n) is 6.11. The lowest BCUT2D eigenvalue weighted by molar-refractivity contribution is -0.118. The normalized spacial score (nSPS) is 19.7. The van der Waals surface area contributed by atoms with E-state index in [1.165, 1.54) is 24.2 Å². The molecule has 1 saturated heterocycles. The number of nitrogens with zero attached hydrogens (tertiary/aromatic N) is 2. The second-order valence-electron chi connectivity index (χ2n) is 8.64. The zero-order chi connectivity index (χ0) is 21.3. The molecule has 160 valence electrons. The zero-order valence-electron chi connectivity index (χ0n) is 17.9. The molecular weight excluding hydrogens is 398 g/mol. The van der Waals surface area contributed by atoms with Crippen LogP contribution in [0.3, 0.4) is 0 Å². The number of ketones is 1. The number of hydrogen-bond acceptors (Lipinski definition) is 6. The van der Waals surface area contributed by atoms with Crippen LogP contribution in [0.1, 0.15) is 66.2 Å². The molecule has 1 aromatic carbocycles. The van der Waals surface area contributed by atoms with Crippen LogP contribution in [0.5, 0.6) is 5.75 Å². The Hall–Kier alpha value is -2.25. The molecule has 0 radical (unpaired) electrons. The van der Waals surface area contributed by atoms with Gasteiger partial charge in [0.2, 0.25) is 0 Å². The maximum atomic E-state index is 12.4. The van der Waals surface area contributed by atoms with Crippen LogP contribution in [0.2, 0.25) is 0 Å². The Morgan fingerprint density at radius 3 is 2.83 bits per heavy atom. The van der Waals surface area contributed by atoms with Crippen molar-refractivity contribution in [2.45, 2.75) is 52.5 Å². The van der Waals surface area contributed by atoms with Crippen LogP contribution < -0.4 is 10.1 Å². The number of amides is 1. The zero-order valence-corrected chi connectivity index (χ0v) is 18.7. The lowest BCUT2D eigenvalue weighted by atomic mass is 9.97. The molecule has 1 amide bonds. The van der Waals surface area contributed by atoms with E-state index in [2.05, 4.69) is 29.0 Å². The molecular formula is C23H29N3O3S. The van der Waals surface area contributed by atoms with E-state index in [1.54, 1.807) is 6.07 Å². The van der Waals surface area contributed by atoms with Crippen LogP contribution in [0.4, 0.5) is 5.13 Å². The number of hydrogen-bond donors (Lipinski definition) is 1. The van der Waals surface area contributed by atoms with Gasteiger partial charge in [-0.2, -0.15) is 0 Å². The molecule has 4 rings (SSSR count). The van der Waals surface area contributed by atoms with Gasteiger partial charge in [-0.25, -0.2) is 4.98 Å². The fourth-order valence-corrected chi connectivity index (χ4v) is 5.13. The van der Waals surface area contributed by atoms with Crippen molar-refractivity contribution >= 4 is 28.2 Å². The van der Waals surface area contributed by atoms with E-state index in [0.717, 1.165) is 42.4 Å². The van der Waals surface area contributed by atoms with Crippen LogP contribution >= 0.6 is 11.3 Å². The minimum absolute atomic E-state index is 0.0910. The van der Waals surface area contributed by atoms with Gasteiger partial charge in [0.15, 0.2) is 17.5 Å². The molecule has 1 atom stereocenters. The molecule has 30 heavy (non-hydrogen) atoms. The minimum Gasteiger partial charge on any atom is -0.483 e. The number of piperidine rings is 1. The van der Waals surface area contributed by atoms with Crippen molar-refractivity contribution in [3.05, 3.63) is 39.9 Å². The monoisotopic (exact) mass is 427 g/mol. The standard InChI is InChI=1S/C23H29N3O3S/c1-14-6-8-26(9-7-14)11-17-13-30-23(24-17)25-20(28)12-29-19-5-4-15(2)21-16(3)10-18(27)22(19)21/h4-5,13-14,16H,6-12H2,1-3H3,(H,24,25,28)/t16-/m0/s1. The molecule has 1 aromatic heterocycles. The quantitative estimate of drug-likeness (QED) is 0.740. The summed E-state index contributed by atoms with van der Waals surface area (Å²) in [6.45, 7) is 9.25. The number of ether oxygens (including phenoxy) is 1. The number of anilines is 1. The molecule has 1 aliphatic heterocycles. The number of likely N-dealkylation sites (tertiary alicyclic amines) is 1. The predicted octanol–water partition coefficient (Wildman–Crippen LogP) is 4.39. The highest BCUT2D eigenvalue weighted by molar-refractivity contribution is 7.13. The van der Waals surface area contributed by atoms with Crippen molar-refractivity contribution in [3.8, 4) is 5.75 Å². The minimum atomic E-state index is -0.268. The second kappa shape index (κ2) is 8.86. The summed E-state index contributed by atoms with van der Waals surface area (Å²) in [5.41, 5.74) is 3.78. The summed E-state index contributed by atoms with van der Waals surface area (Å²) in [7, 11) is 0. The van der Waals surface area contributed by atoms with Gasteiger partial charge in [-0.1, -0.05) is 19.9 Å². The van der Waals surface area contributed by atoms with Gasteiger partial charge in [0.25, 0.3) is 5.91 Å². The maximum Gasteiger partial charge on any atom is 0.264 e. The van der Waals surface area contributed by atoms with Gasteiger partial charge in [-0.05, 0) is 61.9 Å². The number of fused-ring (bicyclic) bond motifs is 1. The Balaban J connectivity index is 1.32. The molecule has 0 bridgehead atoms. The van der Waals surface area contributed by atoms with Crippen LogP contribution in [0, 0.1) is 12.8 Å². The van der Waals surface area contributed by atoms with Crippen molar-refractivity contribution in [1.29, 1.82) is 0 Å². The molecule has 0 saturated carbocycles. The molecule has 1 aliphatic carbocycles. The van der Waals surface area contributed by atoms with Gasteiger partial charge in [0.1, 0.15) is 5.75 Å². The summed E-state index contributed by atoms with van der Waals surface area (Å²) in [4.78, 5) is 31.7. The fourth-order valence-electron chi connectivity index (χ4n) is 4.41. The highest BCUT2D eigenvalue weighted by Crippen LogP contribution is 2.40. The molecule has 2 aromatic rings. The summed E-state index contributed by atoms with van der Waals surface area (Å²) >= 11 is 1.43. The molecule has 1 N–H and O–H groups in total. The first-order valence-corrected chi connectivity index (χ1v) is 11.5. The number of carbonyl (C=O) groups excluding carboxylic acids is 2. The lowest BCUT2D eigenvalue weighted by Gasteiger charge is -2.29. The first-order chi connectivity index (χ1) is 14.4. The largest absolute Gasteiger partial charge is 0.483 e. The lowest BCUT2D eigenvalue weighted by Crippen LogP contribution is -2.32. The van der Waals surface area contributed by atoms with E-state index in [4.69, 9.17) is 4.74 Å². The SMILES string of the molecule is Cc1ccc(OCC(=O)Nc2nc(CN3CCC(C)CC3)cs2)c2c1[C@@H](C)CC2=O. The first-order valence-electron chi connectivity index (χ1n) is 10.7. The van der Waals surface area contributed by atoms with Gasteiger partial charge in [0.05, 0.1) is 11.3 Å². The summed E-state index contributed by atoms with van der Waals surface area (Å²) in [5, 5.41) is 5.40. The Kier molecular flexibility index (Phi) is 6.20. The van der Waals surface area contributed by atoms with E-state index < -0.39 is 0 Å². The van der Waals surface area contributed by atoms with E-state index in [-0.39, 0.29) is 24.2 Å². The van der Waals surface area contributed by atoms with Crippen molar-refractivity contribution in [1.82, 2.24) is 9.88 Å². The predicted molar refractivity (Wildman–Crippen MR) is 118 cm³/mol. The number of aryl methyl sites for hydroxylation is 1. The second-order valence-corrected chi connectivity index (χ2v) is 9.50. The topological polar surface area (TPSA) is 71.5 Å². The van der Waals surface area contributed by atoms with Crippen molar-refractivity contribution in [2.24, 2.45) is 5.92 Å². The number of carbonyl (C=O) groups is 2. The fraction of sp³-hybridized carbons (Fsp3) is 0.522. The van der Waals surface area contributed by atoms with Crippen molar-refractivity contribution in [3.63, 3.8) is 0 Å². The molecule has 6 nitrogen and oxygen atoms in total.